The number of rotatable bonds is 6. The van der Waals surface area contributed by atoms with E-state index in [0.717, 1.165) is 37.4 Å². The van der Waals surface area contributed by atoms with Crippen molar-refractivity contribution >= 4 is 0 Å². The first kappa shape index (κ1) is 14.6. The van der Waals surface area contributed by atoms with Gasteiger partial charge in [-0.05, 0) is 56.5 Å². The number of ether oxygens (including phenoxy) is 1. The largest absolute Gasteiger partial charge is 0.497 e. The molecule has 0 fully saturated rings. The summed E-state index contributed by atoms with van der Waals surface area (Å²) in [6.07, 6.45) is 2.01. The van der Waals surface area contributed by atoms with Crippen molar-refractivity contribution in [2.75, 3.05) is 13.7 Å². The molecule has 0 amide bonds. The van der Waals surface area contributed by atoms with Gasteiger partial charge in [-0.1, -0.05) is 12.1 Å². The Labute approximate surface area is 120 Å². The predicted molar refractivity (Wildman–Crippen MR) is 81.2 cm³/mol. The standard InChI is InChI=1S/C16H23N3O/c1-12-16(8-5-9-17)13(2)19(18-12)11-14-6-4-7-15(10-14)20-3/h4,6-7,10H,5,8-9,11,17H2,1-3H3. The van der Waals surface area contributed by atoms with E-state index < -0.39 is 0 Å². The molecule has 0 saturated carbocycles. The normalized spacial score (nSPS) is 10.8. The van der Waals surface area contributed by atoms with Crippen molar-refractivity contribution in [2.45, 2.75) is 33.2 Å². The van der Waals surface area contributed by atoms with Gasteiger partial charge < -0.3 is 10.5 Å². The Morgan fingerprint density at radius 3 is 2.80 bits per heavy atom. The topological polar surface area (TPSA) is 53.1 Å². The van der Waals surface area contributed by atoms with Crippen LogP contribution in [-0.4, -0.2) is 23.4 Å². The Morgan fingerprint density at radius 2 is 2.10 bits per heavy atom. The second-order valence-corrected chi connectivity index (χ2v) is 5.05. The molecule has 20 heavy (non-hydrogen) atoms. The van der Waals surface area contributed by atoms with Crippen molar-refractivity contribution < 1.29 is 4.74 Å². The number of aromatic nitrogens is 2. The first-order valence-electron chi connectivity index (χ1n) is 7.01. The summed E-state index contributed by atoms with van der Waals surface area (Å²) in [6.45, 7) is 5.69. The highest BCUT2D eigenvalue weighted by Gasteiger charge is 2.11. The number of nitrogens with zero attached hydrogens (tertiary/aromatic N) is 2. The maximum absolute atomic E-state index is 5.60. The van der Waals surface area contributed by atoms with Gasteiger partial charge in [-0.15, -0.1) is 0 Å². The molecule has 0 atom stereocenters. The molecular weight excluding hydrogens is 250 g/mol. The Bertz CT molecular complexity index is 575. The van der Waals surface area contributed by atoms with Crippen LogP contribution >= 0.6 is 0 Å². The van der Waals surface area contributed by atoms with Crippen LogP contribution in [0.2, 0.25) is 0 Å². The summed E-state index contributed by atoms with van der Waals surface area (Å²) < 4.78 is 7.33. The Kier molecular flexibility index (Phi) is 4.79. The van der Waals surface area contributed by atoms with Crippen LogP contribution in [0.3, 0.4) is 0 Å². The lowest BCUT2D eigenvalue weighted by Gasteiger charge is -2.07. The fraction of sp³-hybridized carbons (Fsp3) is 0.438. The van der Waals surface area contributed by atoms with Crippen molar-refractivity contribution in [2.24, 2.45) is 5.73 Å². The van der Waals surface area contributed by atoms with E-state index in [2.05, 4.69) is 35.8 Å². The Morgan fingerprint density at radius 1 is 1.30 bits per heavy atom. The van der Waals surface area contributed by atoms with Crippen LogP contribution in [-0.2, 0) is 13.0 Å². The molecule has 1 aromatic heterocycles. The van der Waals surface area contributed by atoms with Gasteiger partial charge >= 0.3 is 0 Å². The number of aryl methyl sites for hydroxylation is 1. The Hall–Kier alpha value is -1.81. The zero-order valence-electron chi connectivity index (χ0n) is 12.5. The second-order valence-electron chi connectivity index (χ2n) is 5.05. The highest BCUT2D eigenvalue weighted by atomic mass is 16.5. The minimum atomic E-state index is 0.722. The van der Waals surface area contributed by atoms with Gasteiger partial charge in [0, 0.05) is 5.69 Å². The van der Waals surface area contributed by atoms with Crippen LogP contribution in [0.25, 0.3) is 0 Å². The Balaban J connectivity index is 2.20. The van der Waals surface area contributed by atoms with Crippen molar-refractivity contribution in [1.29, 1.82) is 0 Å². The zero-order chi connectivity index (χ0) is 14.5. The highest BCUT2D eigenvalue weighted by Crippen LogP contribution is 2.18. The molecule has 1 heterocycles. The van der Waals surface area contributed by atoms with Crippen molar-refractivity contribution in [1.82, 2.24) is 9.78 Å². The first-order chi connectivity index (χ1) is 9.65. The van der Waals surface area contributed by atoms with Crippen molar-refractivity contribution in [3.63, 3.8) is 0 Å². The van der Waals surface area contributed by atoms with Crippen LogP contribution < -0.4 is 10.5 Å². The third kappa shape index (κ3) is 3.20. The summed E-state index contributed by atoms with van der Waals surface area (Å²) in [4.78, 5) is 0. The fourth-order valence-electron chi connectivity index (χ4n) is 2.47. The lowest BCUT2D eigenvalue weighted by molar-refractivity contribution is 0.414. The number of methoxy groups -OCH3 is 1. The summed E-state index contributed by atoms with van der Waals surface area (Å²) in [5, 5.41) is 4.65. The average Bonchev–Trinajstić information content (AvgIpc) is 2.72. The van der Waals surface area contributed by atoms with Crippen LogP contribution in [0.15, 0.2) is 24.3 Å². The molecule has 0 unspecified atom stereocenters. The minimum Gasteiger partial charge on any atom is -0.497 e. The molecule has 0 aliphatic heterocycles. The smallest absolute Gasteiger partial charge is 0.119 e. The predicted octanol–water partition coefficient (Wildman–Crippen LogP) is 2.45. The van der Waals surface area contributed by atoms with Crippen LogP contribution in [0.5, 0.6) is 5.75 Å². The average molecular weight is 273 g/mol. The molecule has 2 rings (SSSR count). The molecule has 108 valence electrons. The van der Waals surface area contributed by atoms with Gasteiger partial charge in [0.25, 0.3) is 0 Å². The van der Waals surface area contributed by atoms with E-state index in [0.29, 0.717) is 0 Å². The summed E-state index contributed by atoms with van der Waals surface area (Å²) in [5.74, 6) is 0.882. The molecule has 2 aromatic rings. The fourth-order valence-corrected chi connectivity index (χ4v) is 2.47. The van der Waals surface area contributed by atoms with E-state index in [1.807, 2.05) is 12.1 Å². The van der Waals surface area contributed by atoms with E-state index in [4.69, 9.17) is 10.5 Å². The van der Waals surface area contributed by atoms with Gasteiger partial charge in [-0.25, -0.2) is 0 Å². The van der Waals surface area contributed by atoms with E-state index in [1.165, 1.54) is 16.8 Å². The van der Waals surface area contributed by atoms with Gasteiger partial charge in [0.1, 0.15) is 5.75 Å². The first-order valence-corrected chi connectivity index (χ1v) is 7.01. The number of hydrogen-bond donors (Lipinski definition) is 1. The third-order valence-corrected chi connectivity index (χ3v) is 3.63. The van der Waals surface area contributed by atoms with Gasteiger partial charge in [0.2, 0.25) is 0 Å². The quantitative estimate of drug-likeness (QED) is 0.879. The summed E-state index contributed by atoms with van der Waals surface area (Å²) in [7, 11) is 1.69. The summed E-state index contributed by atoms with van der Waals surface area (Å²) in [6, 6.07) is 8.11. The van der Waals surface area contributed by atoms with E-state index in [1.54, 1.807) is 7.11 Å². The lowest BCUT2D eigenvalue weighted by atomic mass is 10.1. The maximum atomic E-state index is 5.60. The van der Waals surface area contributed by atoms with E-state index >= 15 is 0 Å². The minimum absolute atomic E-state index is 0.722. The summed E-state index contributed by atoms with van der Waals surface area (Å²) >= 11 is 0. The van der Waals surface area contributed by atoms with Crippen molar-refractivity contribution in [3.8, 4) is 5.75 Å². The van der Waals surface area contributed by atoms with Crippen molar-refractivity contribution in [3.05, 3.63) is 46.8 Å². The van der Waals surface area contributed by atoms with Gasteiger partial charge in [-0.2, -0.15) is 5.10 Å². The monoisotopic (exact) mass is 273 g/mol. The molecule has 4 heteroatoms. The number of benzene rings is 1. The van der Waals surface area contributed by atoms with Gasteiger partial charge in [0.05, 0.1) is 19.3 Å². The third-order valence-electron chi connectivity index (χ3n) is 3.63. The van der Waals surface area contributed by atoms with Crippen LogP contribution in [0, 0.1) is 13.8 Å². The molecule has 1 aromatic carbocycles. The van der Waals surface area contributed by atoms with Gasteiger partial charge in [-0.3, -0.25) is 4.68 Å². The molecule has 2 N–H and O–H groups in total. The molecule has 0 radical (unpaired) electrons. The SMILES string of the molecule is COc1cccc(Cn2nc(C)c(CCCN)c2C)c1. The molecule has 0 bridgehead atoms. The number of hydrogen-bond acceptors (Lipinski definition) is 3. The van der Waals surface area contributed by atoms with E-state index in [9.17, 15) is 0 Å². The van der Waals surface area contributed by atoms with Gasteiger partial charge in [0.15, 0.2) is 0 Å². The molecule has 0 saturated heterocycles. The van der Waals surface area contributed by atoms with Crippen LogP contribution in [0.1, 0.15) is 28.9 Å². The lowest BCUT2D eigenvalue weighted by Crippen LogP contribution is -2.05. The molecular formula is C16H23N3O. The zero-order valence-corrected chi connectivity index (χ0v) is 12.5. The number of nitrogens with two attached hydrogens (primary N) is 1. The molecule has 0 aliphatic carbocycles. The van der Waals surface area contributed by atoms with E-state index in [-0.39, 0.29) is 0 Å². The highest BCUT2D eigenvalue weighted by molar-refractivity contribution is 5.30. The maximum Gasteiger partial charge on any atom is 0.119 e. The summed E-state index contributed by atoms with van der Waals surface area (Å²) in [5.41, 5.74) is 10.5. The molecule has 0 aliphatic rings. The molecule has 4 nitrogen and oxygen atoms in total. The second kappa shape index (κ2) is 6.57. The van der Waals surface area contributed by atoms with Crippen LogP contribution in [0.4, 0.5) is 0 Å². The molecule has 0 spiro atoms.